The summed E-state index contributed by atoms with van der Waals surface area (Å²) in [5.74, 6) is 0. The summed E-state index contributed by atoms with van der Waals surface area (Å²) in [7, 11) is 0. The Balaban J connectivity index is 0.000000172. The maximum atomic E-state index is 8.57. The summed E-state index contributed by atoms with van der Waals surface area (Å²) in [4.78, 5) is 0. The number of ether oxygens (including phenoxy) is 4. The predicted octanol–water partition coefficient (Wildman–Crippen LogP) is -0.823. The van der Waals surface area contributed by atoms with Crippen molar-refractivity contribution in [1.82, 2.24) is 0 Å². The minimum Gasteiger partial charge on any atom is -0.394 e. The van der Waals surface area contributed by atoms with Gasteiger partial charge in [-0.2, -0.15) is 0 Å². The van der Waals surface area contributed by atoms with Crippen LogP contribution in [0.25, 0.3) is 0 Å². The zero-order chi connectivity index (χ0) is 12.5. The standard InChI is InChI=1S/C6H10O3.C5H12O3/c1(5-3-8-5)7-2-6-4-9-6;1-5(7)4-8-3-2-6/h5-6H,1-4H2;5-7H,2-4H2,1H3. The van der Waals surface area contributed by atoms with Gasteiger partial charge in [-0.25, -0.2) is 0 Å². The summed E-state index contributed by atoms with van der Waals surface area (Å²) in [6, 6.07) is 0. The first-order chi connectivity index (χ1) is 8.22. The van der Waals surface area contributed by atoms with E-state index in [2.05, 4.69) is 0 Å². The van der Waals surface area contributed by atoms with Gasteiger partial charge in [0.05, 0.1) is 52.4 Å². The van der Waals surface area contributed by atoms with E-state index in [9.17, 15) is 0 Å². The molecule has 3 atom stereocenters. The lowest BCUT2D eigenvalue weighted by Crippen LogP contribution is -2.12. The van der Waals surface area contributed by atoms with Crippen LogP contribution in [0.5, 0.6) is 0 Å². The molecule has 0 bridgehead atoms. The lowest BCUT2D eigenvalue weighted by atomic mass is 10.4. The maximum absolute atomic E-state index is 8.57. The number of aliphatic hydroxyl groups is 2. The minimum atomic E-state index is -0.429. The van der Waals surface area contributed by atoms with Crippen LogP contribution in [-0.4, -0.2) is 74.8 Å². The number of aliphatic hydroxyl groups excluding tert-OH is 2. The Morgan fingerprint density at radius 2 is 1.71 bits per heavy atom. The number of hydrogen-bond donors (Lipinski definition) is 2. The first kappa shape index (κ1) is 14.8. The highest BCUT2D eigenvalue weighted by Crippen LogP contribution is 2.12. The van der Waals surface area contributed by atoms with Crippen molar-refractivity contribution in [3.8, 4) is 0 Å². The van der Waals surface area contributed by atoms with E-state index >= 15 is 0 Å². The molecule has 0 aliphatic carbocycles. The number of hydrogen-bond acceptors (Lipinski definition) is 6. The minimum absolute atomic E-state index is 0.0206. The molecule has 0 amide bonds. The highest BCUT2D eigenvalue weighted by Gasteiger charge is 2.26. The van der Waals surface area contributed by atoms with Gasteiger partial charge in [0.15, 0.2) is 0 Å². The molecule has 2 rings (SSSR count). The zero-order valence-corrected chi connectivity index (χ0v) is 10.2. The molecule has 17 heavy (non-hydrogen) atoms. The van der Waals surface area contributed by atoms with Crippen LogP contribution in [-0.2, 0) is 18.9 Å². The van der Waals surface area contributed by atoms with Gasteiger partial charge in [0.1, 0.15) is 12.2 Å². The van der Waals surface area contributed by atoms with E-state index in [4.69, 9.17) is 29.2 Å². The van der Waals surface area contributed by atoms with Crippen LogP contribution in [0, 0.1) is 0 Å². The topological polar surface area (TPSA) is 84.0 Å². The molecule has 2 saturated heterocycles. The molecule has 3 unspecified atom stereocenters. The van der Waals surface area contributed by atoms with Crippen molar-refractivity contribution in [3.05, 3.63) is 0 Å². The maximum Gasteiger partial charge on any atom is 0.104 e. The second kappa shape index (κ2) is 8.79. The second-order valence-corrected chi connectivity index (χ2v) is 4.10. The molecular weight excluding hydrogens is 228 g/mol. The van der Waals surface area contributed by atoms with Crippen LogP contribution in [0.1, 0.15) is 6.92 Å². The lowest BCUT2D eigenvalue weighted by Gasteiger charge is -2.02. The van der Waals surface area contributed by atoms with Gasteiger partial charge in [-0.3, -0.25) is 0 Å². The molecular formula is C11H22O6. The molecule has 6 heteroatoms. The fourth-order valence-corrected chi connectivity index (χ4v) is 0.978. The molecule has 102 valence electrons. The summed E-state index contributed by atoms with van der Waals surface area (Å²) in [5, 5.41) is 16.7. The van der Waals surface area contributed by atoms with Gasteiger partial charge in [0.2, 0.25) is 0 Å². The van der Waals surface area contributed by atoms with E-state index in [1.807, 2.05) is 0 Å². The van der Waals surface area contributed by atoms with E-state index < -0.39 is 6.10 Å². The van der Waals surface area contributed by atoms with Crippen LogP contribution in [0.4, 0.5) is 0 Å². The lowest BCUT2D eigenvalue weighted by molar-refractivity contribution is 0.0292. The third-order valence-corrected chi connectivity index (χ3v) is 2.01. The van der Waals surface area contributed by atoms with Gasteiger partial charge in [-0.05, 0) is 6.92 Å². The van der Waals surface area contributed by atoms with Crippen molar-refractivity contribution in [3.63, 3.8) is 0 Å². The van der Waals surface area contributed by atoms with E-state index in [0.717, 1.165) is 26.4 Å². The first-order valence-corrected chi connectivity index (χ1v) is 5.90. The summed E-state index contributed by atoms with van der Waals surface area (Å²) in [6.07, 6.45) is 0.356. The normalized spacial score (nSPS) is 27.0. The van der Waals surface area contributed by atoms with E-state index in [1.165, 1.54) is 0 Å². The fourth-order valence-electron chi connectivity index (χ4n) is 0.978. The third kappa shape index (κ3) is 10.6. The Kier molecular flexibility index (Phi) is 7.67. The molecule has 2 fully saturated rings. The average Bonchev–Trinajstić information content (AvgIpc) is 3.13. The highest BCUT2D eigenvalue weighted by atomic mass is 16.6. The van der Waals surface area contributed by atoms with Crippen molar-refractivity contribution in [2.24, 2.45) is 0 Å². The number of rotatable bonds is 8. The van der Waals surface area contributed by atoms with Gasteiger partial charge in [-0.1, -0.05) is 0 Å². The van der Waals surface area contributed by atoms with Crippen LogP contribution >= 0.6 is 0 Å². The Morgan fingerprint density at radius 1 is 1.18 bits per heavy atom. The van der Waals surface area contributed by atoms with Crippen LogP contribution in [0.15, 0.2) is 0 Å². The SMILES string of the molecule is C(OCC1CO1)C1CO1.CC(O)COCCO. The van der Waals surface area contributed by atoms with Crippen LogP contribution < -0.4 is 0 Å². The van der Waals surface area contributed by atoms with Crippen molar-refractivity contribution >= 4 is 0 Å². The highest BCUT2D eigenvalue weighted by molar-refractivity contribution is 4.71. The number of epoxide rings is 2. The molecule has 0 spiro atoms. The molecule has 2 heterocycles. The Hall–Kier alpha value is -0.240. The smallest absolute Gasteiger partial charge is 0.104 e. The van der Waals surface area contributed by atoms with Crippen molar-refractivity contribution in [2.45, 2.75) is 25.2 Å². The Morgan fingerprint density at radius 3 is 2.06 bits per heavy atom. The molecule has 0 aromatic heterocycles. The molecule has 2 N–H and O–H groups in total. The molecule has 0 saturated carbocycles. The molecule has 0 radical (unpaired) electrons. The predicted molar refractivity (Wildman–Crippen MR) is 59.9 cm³/mol. The summed E-state index contributed by atoms with van der Waals surface area (Å²) >= 11 is 0. The molecule has 2 aliphatic rings. The largest absolute Gasteiger partial charge is 0.394 e. The molecule has 0 aromatic rings. The monoisotopic (exact) mass is 250 g/mol. The van der Waals surface area contributed by atoms with Crippen LogP contribution in [0.3, 0.4) is 0 Å². The molecule has 6 nitrogen and oxygen atoms in total. The molecule has 2 aliphatic heterocycles. The quantitative estimate of drug-likeness (QED) is 0.432. The van der Waals surface area contributed by atoms with Gasteiger partial charge >= 0.3 is 0 Å². The van der Waals surface area contributed by atoms with Gasteiger partial charge in [0.25, 0.3) is 0 Å². The summed E-state index contributed by atoms with van der Waals surface area (Å²) < 4.78 is 19.9. The van der Waals surface area contributed by atoms with Gasteiger partial charge in [-0.15, -0.1) is 0 Å². The zero-order valence-electron chi connectivity index (χ0n) is 10.2. The summed E-state index contributed by atoms with van der Waals surface area (Å²) in [6.45, 7) is 5.53. The first-order valence-electron chi connectivity index (χ1n) is 5.90. The summed E-state index contributed by atoms with van der Waals surface area (Å²) in [5.41, 5.74) is 0. The van der Waals surface area contributed by atoms with Crippen molar-refractivity contribution in [1.29, 1.82) is 0 Å². The average molecular weight is 250 g/mol. The van der Waals surface area contributed by atoms with E-state index in [-0.39, 0.29) is 6.61 Å². The van der Waals surface area contributed by atoms with E-state index in [0.29, 0.717) is 25.4 Å². The third-order valence-electron chi connectivity index (χ3n) is 2.01. The van der Waals surface area contributed by atoms with Gasteiger partial charge < -0.3 is 29.2 Å². The van der Waals surface area contributed by atoms with E-state index in [1.54, 1.807) is 6.92 Å². The molecule has 0 aromatic carbocycles. The van der Waals surface area contributed by atoms with Crippen molar-refractivity contribution in [2.75, 3.05) is 46.2 Å². The Labute approximate surface area is 101 Å². The fraction of sp³-hybridized carbons (Fsp3) is 1.00. The van der Waals surface area contributed by atoms with Crippen molar-refractivity contribution < 1.29 is 29.2 Å². The van der Waals surface area contributed by atoms with Crippen LogP contribution in [0.2, 0.25) is 0 Å². The van der Waals surface area contributed by atoms with Gasteiger partial charge in [0, 0.05) is 0 Å². The Bertz CT molecular complexity index is 167. The second-order valence-electron chi connectivity index (χ2n) is 4.10.